The van der Waals surface area contributed by atoms with Crippen LogP contribution in [0.15, 0.2) is 0 Å². The molecule has 2 aliphatic rings. The van der Waals surface area contributed by atoms with Crippen LogP contribution in [-0.4, -0.2) is 50.6 Å². The number of likely N-dealkylation sites (tertiary alicyclic amines) is 1. The van der Waals surface area contributed by atoms with Crippen molar-refractivity contribution < 1.29 is 4.79 Å². The first-order valence-electron chi connectivity index (χ1n) is 7.16. The van der Waals surface area contributed by atoms with Crippen LogP contribution in [0.1, 0.15) is 26.7 Å². The van der Waals surface area contributed by atoms with Gasteiger partial charge in [-0.15, -0.1) is 0 Å². The Labute approximate surface area is 110 Å². The molecule has 0 aromatic rings. The summed E-state index contributed by atoms with van der Waals surface area (Å²) in [7, 11) is 2.20. The lowest BCUT2D eigenvalue weighted by Gasteiger charge is -2.41. The standard InChI is InChI=1S/C14H27N3O/c1-14(2,12-5-4-6-17(3)9-12)10-16-13(18)11-7-15-8-11/h11-12,15H,4-10H2,1-3H3,(H,16,18). The first-order chi connectivity index (χ1) is 8.49. The Morgan fingerprint density at radius 3 is 2.72 bits per heavy atom. The second-order valence-electron chi connectivity index (χ2n) is 6.66. The molecular weight excluding hydrogens is 226 g/mol. The maximum atomic E-state index is 11.9. The molecule has 4 heteroatoms. The van der Waals surface area contributed by atoms with E-state index in [1.165, 1.54) is 19.4 Å². The first kappa shape index (κ1) is 13.8. The van der Waals surface area contributed by atoms with Crippen molar-refractivity contribution in [3.8, 4) is 0 Å². The van der Waals surface area contributed by atoms with Crippen molar-refractivity contribution in [2.75, 3.05) is 39.8 Å². The van der Waals surface area contributed by atoms with Gasteiger partial charge in [-0.05, 0) is 37.8 Å². The van der Waals surface area contributed by atoms with Crippen LogP contribution >= 0.6 is 0 Å². The second kappa shape index (κ2) is 5.57. The monoisotopic (exact) mass is 253 g/mol. The normalized spacial score (nSPS) is 26.7. The molecule has 0 saturated carbocycles. The van der Waals surface area contributed by atoms with E-state index in [-0.39, 0.29) is 17.2 Å². The van der Waals surface area contributed by atoms with E-state index in [1.807, 2.05) is 0 Å². The number of carbonyl (C=O) groups excluding carboxylic acids is 1. The van der Waals surface area contributed by atoms with Gasteiger partial charge in [0, 0.05) is 26.2 Å². The lowest BCUT2D eigenvalue weighted by Crippen LogP contribution is -2.53. The van der Waals surface area contributed by atoms with Gasteiger partial charge in [-0.25, -0.2) is 0 Å². The van der Waals surface area contributed by atoms with Crippen molar-refractivity contribution in [2.24, 2.45) is 17.3 Å². The van der Waals surface area contributed by atoms with Crippen LogP contribution in [0.25, 0.3) is 0 Å². The second-order valence-corrected chi connectivity index (χ2v) is 6.66. The fourth-order valence-electron chi connectivity index (χ4n) is 2.88. The van der Waals surface area contributed by atoms with Crippen LogP contribution < -0.4 is 10.6 Å². The fraction of sp³-hybridized carbons (Fsp3) is 0.929. The minimum Gasteiger partial charge on any atom is -0.355 e. The molecule has 2 rings (SSSR count). The number of nitrogens with one attached hydrogen (secondary N) is 2. The highest BCUT2D eigenvalue weighted by molar-refractivity contribution is 5.80. The van der Waals surface area contributed by atoms with E-state index >= 15 is 0 Å². The third-order valence-electron chi connectivity index (χ3n) is 4.60. The van der Waals surface area contributed by atoms with E-state index in [0.717, 1.165) is 26.2 Å². The Balaban J connectivity index is 1.80. The molecule has 1 amide bonds. The zero-order valence-corrected chi connectivity index (χ0v) is 12.0. The van der Waals surface area contributed by atoms with Gasteiger partial charge in [0.1, 0.15) is 0 Å². The van der Waals surface area contributed by atoms with Crippen molar-refractivity contribution in [3.05, 3.63) is 0 Å². The molecule has 0 aliphatic carbocycles. The fourth-order valence-corrected chi connectivity index (χ4v) is 2.88. The van der Waals surface area contributed by atoms with E-state index in [4.69, 9.17) is 0 Å². The van der Waals surface area contributed by atoms with Crippen molar-refractivity contribution in [1.82, 2.24) is 15.5 Å². The van der Waals surface area contributed by atoms with Crippen LogP contribution in [-0.2, 0) is 4.79 Å². The highest BCUT2D eigenvalue weighted by Gasteiger charge is 2.33. The van der Waals surface area contributed by atoms with Gasteiger partial charge in [0.25, 0.3) is 0 Å². The number of carbonyl (C=O) groups is 1. The van der Waals surface area contributed by atoms with Crippen molar-refractivity contribution in [1.29, 1.82) is 0 Å². The molecule has 2 aliphatic heterocycles. The molecule has 2 heterocycles. The van der Waals surface area contributed by atoms with Crippen LogP contribution in [0.4, 0.5) is 0 Å². The van der Waals surface area contributed by atoms with Gasteiger partial charge in [0.15, 0.2) is 0 Å². The van der Waals surface area contributed by atoms with Gasteiger partial charge in [-0.3, -0.25) is 4.79 Å². The predicted octanol–water partition coefficient (Wildman–Crippen LogP) is 0.690. The summed E-state index contributed by atoms with van der Waals surface area (Å²) in [4.78, 5) is 14.3. The Hall–Kier alpha value is -0.610. The summed E-state index contributed by atoms with van der Waals surface area (Å²) in [5.41, 5.74) is 0.196. The van der Waals surface area contributed by atoms with Crippen LogP contribution in [0.2, 0.25) is 0 Å². The van der Waals surface area contributed by atoms with Crippen LogP contribution in [0.3, 0.4) is 0 Å². The Morgan fingerprint density at radius 1 is 1.44 bits per heavy atom. The number of hydrogen-bond acceptors (Lipinski definition) is 3. The summed E-state index contributed by atoms with van der Waals surface area (Å²) < 4.78 is 0. The Bertz CT molecular complexity index is 299. The lowest BCUT2D eigenvalue weighted by molar-refractivity contribution is -0.127. The molecule has 1 atom stereocenters. The Morgan fingerprint density at radius 2 is 2.17 bits per heavy atom. The smallest absolute Gasteiger partial charge is 0.225 e. The molecule has 0 radical (unpaired) electrons. The van der Waals surface area contributed by atoms with E-state index < -0.39 is 0 Å². The molecule has 2 N–H and O–H groups in total. The predicted molar refractivity (Wildman–Crippen MR) is 73.4 cm³/mol. The van der Waals surface area contributed by atoms with E-state index in [9.17, 15) is 4.79 Å². The summed E-state index contributed by atoms with van der Waals surface area (Å²) in [6, 6.07) is 0. The summed E-state index contributed by atoms with van der Waals surface area (Å²) in [5, 5.41) is 6.28. The Kier molecular flexibility index (Phi) is 4.28. The van der Waals surface area contributed by atoms with Crippen molar-refractivity contribution in [2.45, 2.75) is 26.7 Å². The highest BCUT2D eigenvalue weighted by Crippen LogP contribution is 2.33. The van der Waals surface area contributed by atoms with Gasteiger partial charge < -0.3 is 15.5 Å². The third kappa shape index (κ3) is 3.23. The zero-order valence-electron chi connectivity index (χ0n) is 12.0. The topological polar surface area (TPSA) is 44.4 Å². The summed E-state index contributed by atoms with van der Waals surface area (Å²) in [6.45, 7) is 9.45. The van der Waals surface area contributed by atoms with E-state index in [0.29, 0.717) is 5.92 Å². The van der Waals surface area contributed by atoms with Gasteiger partial charge in [0.05, 0.1) is 5.92 Å². The number of rotatable bonds is 4. The number of hydrogen-bond donors (Lipinski definition) is 2. The van der Waals surface area contributed by atoms with Crippen LogP contribution in [0, 0.1) is 17.3 Å². The summed E-state index contributed by atoms with van der Waals surface area (Å²) >= 11 is 0. The third-order valence-corrected chi connectivity index (χ3v) is 4.60. The SMILES string of the molecule is CN1CCCC(C(C)(C)CNC(=O)C2CNC2)C1. The molecule has 4 nitrogen and oxygen atoms in total. The van der Waals surface area contributed by atoms with Crippen molar-refractivity contribution in [3.63, 3.8) is 0 Å². The first-order valence-corrected chi connectivity index (χ1v) is 7.16. The average Bonchev–Trinajstić information content (AvgIpc) is 2.24. The minimum absolute atomic E-state index is 0.196. The largest absolute Gasteiger partial charge is 0.355 e. The van der Waals surface area contributed by atoms with Gasteiger partial charge in [-0.1, -0.05) is 13.8 Å². The molecule has 18 heavy (non-hydrogen) atoms. The highest BCUT2D eigenvalue weighted by atomic mass is 16.2. The molecular formula is C14H27N3O. The minimum atomic E-state index is 0.196. The lowest BCUT2D eigenvalue weighted by atomic mass is 9.74. The quantitative estimate of drug-likeness (QED) is 0.775. The van der Waals surface area contributed by atoms with Gasteiger partial charge >= 0.3 is 0 Å². The van der Waals surface area contributed by atoms with E-state index in [1.54, 1.807) is 0 Å². The summed E-state index contributed by atoms with van der Waals surface area (Å²) in [5.74, 6) is 1.12. The molecule has 0 aromatic carbocycles. The molecule has 2 fully saturated rings. The molecule has 0 aromatic heterocycles. The van der Waals surface area contributed by atoms with Gasteiger partial charge in [0.2, 0.25) is 5.91 Å². The maximum Gasteiger partial charge on any atom is 0.225 e. The van der Waals surface area contributed by atoms with Gasteiger partial charge in [-0.2, -0.15) is 0 Å². The summed E-state index contributed by atoms with van der Waals surface area (Å²) in [6.07, 6.45) is 2.57. The molecule has 2 saturated heterocycles. The number of nitrogens with zero attached hydrogens (tertiary/aromatic N) is 1. The number of piperidine rings is 1. The molecule has 104 valence electrons. The van der Waals surface area contributed by atoms with Crippen LogP contribution in [0.5, 0.6) is 0 Å². The molecule has 0 bridgehead atoms. The molecule has 0 spiro atoms. The number of amides is 1. The molecule has 1 unspecified atom stereocenters. The zero-order chi connectivity index (χ0) is 13.2. The average molecular weight is 253 g/mol. The maximum absolute atomic E-state index is 11.9. The van der Waals surface area contributed by atoms with Crippen molar-refractivity contribution >= 4 is 5.91 Å². The van der Waals surface area contributed by atoms with E-state index in [2.05, 4.69) is 36.4 Å².